The van der Waals surface area contributed by atoms with Gasteiger partial charge in [-0.3, -0.25) is 0 Å². The average molecular weight is 364 g/mol. The molecule has 1 saturated heterocycles. The zero-order chi connectivity index (χ0) is 16.5. The van der Waals surface area contributed by atoms with Crippen molar-refractivity contribution in [1.82, 2.24) is 14.7 Å². The Balaban J connectivity index is 0.00000264. The fourth-order valence-corrected chi connectivity index (χ4v) is 3.72. The van der Waals surface area contributed by atoms with E-state index in [4.69, 9.17) is 0 Å². The molecule has 1 aromatic heterocycles. The zero-order valence-corrected chi connectivity index (χ0v) is 15.8. The number of hydrogen-bond donors (Lipinski definition) is 2. The van der Waals surface area contributed by atoms with Gasteiger partial charge in [0.2, 0.25) is 16.0 Å². The van der Waals surface area contributed by atoms with Crippen LogP contribution in [0.4, 0.5) is 11.8 Å². The molecular formula is C14H26ClN5O2S. The highest BCUT2D eigenvalue weighted by Gasteiger charge is 2.36. The van der Waals surface area contributed by atoms with Crippen LogP contribution in [0.3, 0.4) is 0 Å². The molecule has 1 aliphatic rings. The second-order valence-corrected chi connectivity index (χ2v) is 8.03. The molecule has 2 rings (SSSR count). The molecule has 9 heteroatoms. The molecule has 0 saturated carbocycles. The summed E-state index contributed by atoms with van der Waals surface area (Å²) in [5.74, 6) is 2.05. The summed E-state index contributed by atoms with van der Waals surface area (Å²) in [7, 11) is -1.44. The normalized spacial score (nSPS) is 21.4. The summed E-state index contributed by atoms with van der Waals surface area (Å²) in [5, 5.41) is 2.95. The average Bonchev–Trinajstić information content (AvgIpc) is 2.79. The van der Waals surface area contributed by atoms with Crippen LogP contribution in [0.5, 0.6) is 0 Å². The van der Waals surface area contributed by atoms with E-state index in [9.17, 15) is 8.42 Å². The summed E-state index contributed by atoms with van der Waals surface area (Å²) < 4.78 is 25.9. The highest BCUT2D eigenvalue weighted by Crippen LogP contribution is 2.28. The number of rotatable bonds is 5. The van der Waals surface area contributed by atoms with E-state index in [-0.39, 0.29) is 24.4 Å². The Labute approximate surface area is 144 Å². The highest BCUT2D eigenvalue weighted by molar-refractivity contribution is 7.88. The van der Waals surface area contributed by atoms with Crippen molar-refractivity contribution in [2.45, 2.75) is 26.8 Å². The van der Waals surface area contributed by atoms with E-state index in [1.165, 1.54) is 6.26 Å². The van der Waals surface area contributed by atoms with E-state index in [0.717, 1.165) is 18.1 Å². The SMILES string of the molecule is CNc1nc(C)cc(N2C[C@H](NS(C)(=O)=O)[C@@H](C(C)C)C2)n1.Cl. The minimum atomic E-state index is -3.22. The lowest BCUT2D eigenvalue weighted by atomic mass is 9.92. The van der Waals surface area contributed by atoms with Gasteiger partial charge in [-0.05, 0) is 18.8 Å². The van der Waals surface area contributed by atoms with E-state index in [1.54, 1.807) is 7.05 Å². The van der Waals surface area contributed by atoms with Crippen molar-refractivity contribution in [2.75, 3.05) is 36.6 Å². The van der Waals surface area contributed by atoms with Gasteiger partial charge in [-0.25, -0.2) is 18.1 Å². The van der Waals surface area contributed by atoms with Gasteiger partial charge in [0.1, 0.15) is 5.82 Å². The fraction of sp³-hybridized carbons (Fsp3) is 0.714. The van der Waals surface area contributed by atoms with Gasteiger partial charge in [0.05, 0.1) is 6.26 Å². The van der Waals surface area contributed by atoms with Crippen LogP contribution in [0.1, 0.15) is 19.5 Å². The Morgan fingerprint density at radius 1 is 1.30 bits per heavy atom. The number of nitrogens with zero attached hydrogens (tertiary/aromatic N) is 3. The van der Waals surface area contributed by atoms with Crippen LogP contribution in [0.2, 0.25) is 0 Å². The van der Waals surface area contributed by atoms with Crippen LogP contribution in [0, 0.1) is 18.8 Å². The molecule has 0 spiro atoms. The molecule has 0 amide bonds. The zero-order valence-electron chi connectivity index (χ0n) is 14.2. The number of hydrogen-bond acceptors (Lipinski definition) is 6. The number of halogens is 1. The summed E-state index contributed by atoms with van der Waals surface area (Å²) in [6.45, 7) is 7.57. The van der Waals surface area contributed by atoms with Gasteiger partial charge in [0, 0.05) is 37.9 Å². The van der Waals surface area contributed by atoms with E-state index < -0.39 is 10.0 Å². The maximum absolute atomic E-state index is 11.6. The molecule has 1 aliphatic heterocycles. The third-order valence-electron chi connectivity index (χ3n) is 3.98. The first-order chi connectivity index (χ1) is 10.2. The molecular weight excluding hydrogens is 338 g/mol. The second-order valence-electron chi connectivity index (χ2n) is 6.25. The molecule has 132 valence electrons. The lowest BCUT2D eigenvalue weighted by molar-refractivity contribution is 0.365. The second kappa shape index (κ2) is 7.63. The van der Waals surface area contributed by atoms with Gasteiger partial charge >= 0.3 is 0 Å². The molecule has 7 nitrogen and oxygen atoms in total. The lowest BCUT2D eigenvalue weighted by Crippen LogP contribution is -2.41. The standard InChI is InChI=1S/C14H25N5O2S.ClH/c1-9(2)11-7-19(8-12(11)18-22(5,20)21)13-6-10(3)16-14(15-4)17-13;/h6,9,11-12,18H,7-8H2,1-5H3,(H,15,16,17);1H/t11-,12+;/m1./s1. The van der Waals surface area contributed by atoms with E-state index in [0.29, 0.717) is 18.4 Å². The quantitative estimate of drug-likeness (QED) is 0.818. The lowest BCUT2D eigenvalue weighted by Gasteiger charge is -2.21. The van der Waals surface area contributed by atoms with E-state index in [2.05, 4.69) is 38.8 Å². The topological polar surface area (TPSA) is 87.2 Å². The van der Waals surface area contributed by atoms with Crippen LogP contribution < -0.4 is 14.9 Å². The monoisotopic (exact) mass is 363 g/mol. The molecule has 23 heavy (non-hydrogen) atoms. The first-order valence-electron chi connectivity index (χ1n) is 7.45. The van der Waals surface area contributed by atoms with Crippen molar-refractivity contribution < 1.29 is 8.42 Å². The highest BCUT2D eigenvalue weighted by atomic mass is 35.5. The summed E-state index contributed by atoms with van der Waals surface area (Å²) in [6, 6.07) is 1.84. The molecule has 1 aromatic rings. The van der Waals surface area contributed by atoms with Crippen LogP contribution in [-0.4, -0.2) is 50.8 Å². The van der Waals surface area contributed by atoms with E-state index in [1.807, 2.05) is 13.0 Å². The van der Waals surface area contributed by atoms with Crippen LogP contribution >= 0.6 is 12.4 Å². The van der Waals surface area contributed by atoms with Crippen molar-refractivity contribution in [3.8, 4) is 0 Å². The fourth-order valence-electron chi connectivity index (χ4n) is 2.92. The smallest absolute Gasteiger partial charge is 0.224 e. The third kappa shape index (κ3) is 5.19. The van der Waals surface area contributed by atoms with Crippen molar-refractivity contribution in [2.24, 2.45) is 11.8 Å². The Kier molecular flexibility index (Phi) is 6.61. The van der Waals surface area contributed by atoms with E-state index >= 15 is 0 Å². The minimum Gasteiger partial charge on any atom is -0.357 e. The van der Waals surface area contributed by atoms with Crippen LogP contribution in [-0.2, 0) is 10.0 Å². The number of sulfonamides is 1. The Morgan fingerprint density at radius 2 is 1.96 bits per heavy atom. The number of aryl methyl sites for hydroxylation is 1. The number of aromatic nitrogens is 2. The van der Waals surface area contributed by atoms with Gasteiger partial charge in [0.25, 0.3) is 0 Å². The summed E-state index contributed by atoms with van der Waals surface area (Å²) in [5.41, 5.74) is 0.884. The first kappa shape index (κ1) is 19.9. The maximum Gasteiger partial charge on any atom is 0.224 e. The molecule has 1 fully saturated rings. The summed E-state index contributed by atoms with van der Waals surface area (Å²) in [6.07, 6.45) is 1.21. The number of nitrogens with one attached hydrogen (secondary N) is 2. The Bertz CT molecular complexity index is 638. The predicted octanol–water partition coefficient (Wildman–Crippen LogP) is 1.26. The Hall–Kier alpha value is -1.12. The van der Waals surface area contributed by atoms with Crippen LogP contribution in [0.25, 0.3) is 0 Å². The van der Waals surface area contributed by atoms with Crippen molar-refractivity contribution in [3.63, 3.8) is 0 Å². The molecule has 0 bridgehead atoms. The van der Waals surface area contributed by atoms with Gasteiger partial charge < -0.3 is 10.2 Å². The summed E-state index contributed by atoms with van der Waals surface area (Å²) in [4.78, 5) is 10.9. The van der Waals surface area contributed by atoms with Gasteiger partial charge in [-0.15, -0.1) is 12.4 Å². The van der Waals surface area contributed by atoms with Gasteiger partial charge in [0.15, 0.2) is 0 Å². The Morgan fingerprint density at radius 3 is 2.48 bits per heavy atom. The van der Waals surface area contributed by atoms with Crippen molar-refractivity contribution in [3.05, 3.63) is 11.8 Å². The van der Waals surface area contributed by atoms with Crippen molar-refractivity contribution in [1.29, 1.82) is 0 Å². The van der Waals surface area contributed by atoms with Crippen molar-refractivity contribution >= 4 is 34.2 Å². The molecule has 2 N–H and O–H groups in total. The molecule has 2 atom stereocenters. The molecule has 0 radical (unpaired) electrons. The number of anilines is 2. The maximum atomic E-state index is 11.6. The third-order valence-corrected chi connectivity index (χ3v) is 4.71. The first-order valence-corrected chi connectivity index (χ1v) is 9.34. The molecule has 0 aliphatic carbocycles. The molecule has 0 unspecified atom stereocenters. The van der Waals surface area contributed by atoms with Gasteiger partial charge in [-0.1, -0.05) is 13.8 Å². The van der Waals surface area contributed by atoms with Crippen LogP contribution in [0.15, 0.2) is 6.07 Å². The van der Waals surface area contributed by atoms with Gasteiger partial charge in [-0.2, -0.15) is 4.98 Å². The summed E-state index contributed by atoms with van der Waals surface area (Å²) >= 11 is 0. The minimum absolute atomic E-state index is 0. The molecule has 2 heterocycles. The predicted molar refractivity (Wildman–Crippen MR) is 95.9 cm³/mol. The largest absolute Gasteiger partial charge is 0.357 e. The molecule has 0 aromatic carbocycles.